The number of hydrogen-bond donors (Lipinski definition) is 0. The Morgan fingerprint density at radius 3 is 3.00 bits per heavy atom. The zero-order valence-corrected chi connectivity index (χ0v) is 6.56. The Bertz CT molecular complexity index is 119. The molecular weight excluding hydrogens is 152 g/mol. The number of hydrogen-bond acceptors (Lipinski definition) is 2. The first kappa shape index (κ1) is 8.02. The van der Waals surface area contributed by atoms with Crippen LogP contribution in [0.1, 0.15) is 25.7 Å². The van der Waals surface area contributed by atoms with Gasteiger partial charge >= 0.3 is 0 Å². The van der Waals surface area contributed by atoms with Gasteiger partial charge in [0.25, 0.3) is 0 Å². The minimum absolute atomic E-state index is 0.254. The fourth-order valence-corrected chi connectivity index (χ4v) is 1.26. The first-order valence-electron chi connectivity index (χ1n) is 3.59. The van der Waals surface area contributed by atoms with Crippen molar-refractivity contribution in [3.05, 3.63) is 0 Å². The third-order valence-corrected chi connectivity index (χ3v) is 1.88. The van der Waals surface area contributed by atoms with Crippen molar-refractivity contribution in [1.82, 2.24) is 0 Å². The molecule has 1 saturated heterocycles. The molecule has 3 heteroatoms. The van der Waals surface area contributed by atoms with Crippen LogP contribution in [0.3, 0.4) is 0 Å². The molecule has 58 valence electrons. The Kier molecular flexibility index (Phi) is 3.16. The lowest BCUT2D eigenvalue weighted by Gasteiger charge is -2.05. The fraction of sp³-hybridized carbons (Fsp3) is 0.857. The summed E-state index contributed by atoms with van der Waals surface area (Å²) in [6.45, 7) is 0.848. The molecule has 1 unspecified atom stereocenters. The Morgan fingerprint density at radius 1 is 1.70 bits per heavy atom. The van der Waals surface area contributed by atoms with Crippen LogP contribution in [-0.2, 0) is 9.53 Å². The van der Waals surface area contributed by atoms with Crippen LogP contribution in [0.4, 0.5) is 0 Å². The second kappa shape index (κ2) is 3.94. The number of rotatable bonds is 3. The highest BCUT2D eigenvalue weighted by molar-refractivity contribution is 6.63. The summed E-state index contributed by atoms with van der Waals surface area (Å²) in [4.78, 5) is 10.3. The average molecular weight is 163 g/mol. The van der Waals surface area contributed by atoms with Gasteiger partial charge in [-0.2, -0.15) is 0 Å². The van der Waals surface area contributed by atoms with Crippen LogP contribution in [0, 0.1) is 0 Å². The quantitative estimate of drug-likeness (QED) is 0.591. The van der Waals surface area contributed by atoms with Crippen molar-refractivity contribution < 1.29 is 9.53 Å². The molecule has 0 aliphatic carbocycles. The molecule has 1 fully saturated rings. The molecule has 1 aliphatic heterocycles. The SMILES string of the molecule is O=C(Cl)CCC1CCCO1. The van der Waals surface area contributed by atoms with Gasteiger partial charge < -0.3 is 4.74 Å². The van der Waals surface area contributed by atoms with E-state index in [1.807, 2.05) is 0 Å². The minimum Gasteiger partial charge on any atom is -0.378 e. The molecule has 0 radical (unpaired) electrons. The summed E-state index contributed by atoms with van der Waals surface area (Å²) < 4.78 is 5.29. The van der Waals surface area contributed by atoms with E-state index >= 15 is 0 Å². The summed E-state index contributed by atoms with van der Waals surface area (Å²) in [5.74, 6) is 0. The molecule has 2 nitrogen and oxygen atoms in total. The Labute approximate surface area is 65.5 Å². The number of carbonyl (C=O) groups excluding carboxylic acids is 1. The molecule has 0 saturated carbocycles. The van der Waals surface area contributed by atoms with E-state index in [4.69, 9.17) is 16.3 Å². The van der Waals surface area contributed by atoms with E-state index in [0.29, 0.717) is 12.5 Å². The van der Waals surface area contributed by atoms with E-state index in [0.717, 1.165) is 25.9 Å². The van der Waals surface area contributed by atoms with Crippen molar-refractivity contribution in [1.29, 1.82) is 0 Å². The van der Waals surface area contributed by atoms with Crippen LogP contribution in [0.25, 0.3) is 0 Å². The molecule has 0 aromatic heterocycles. The summed E-state index contributed by atoms with van der Waals surface area (Å²) in [7, 11) is 0. The van der Waals surface area contributed by atoms with E-state index < -0.39 is 0 Å². The Hall–Kier alpha value is -0.0800. The molecule has 0 aromatic carbocycles. The van der Waals surface area contributed by atoms with Gasteiger partial charge in [0.15, 0.2) is 0 Å². The highest BCUT2D eigenvalue weighted by Gasteiger charge is 2.15. The lowest BCUT2D eigenvalue weighted by molar-refractivity contribution is -0.112. The van der Waals surface area contributed by atoms with E-state index in [-0.39, 0.29) is 5.24 Å². The summed E-state index contributed by atoms with van der Waals surface area (Å²) >= 11 is 5.16. The molecule has 10 heavy (non-hydrogen) atoms. The maximum Gasteiger partial charge on any atom is 0.221 e. The summed E-state index contributed by atoms with van der Waals surface area (Å²) in [6, 6.07) is 0. The van der Waals surface area contributed by atoms with Crippen LogP contribution in [0.5, 0.6) is 0 Å². The van der Waals surface area contributed by atoms with Gasteiger partial charge in [-0.25, -0.2) is 0 Å². The largest absolute Gasteiger partial charge is 0.378 e. The maximum absolute atomic E-state index is 10.3. The van der Waals surface area contributed by atoms with E-state index in [9.17, 15) is 4.79 Å². The minimum atomic E-state index is -0.254. The molecule has 1 atom stereocenters. The second-order valence-corrected chi connectivity index (χ2v) is 2.95. The van der Waals surface area contributed by atoms with Crippen LogP contribution in [0.2, 0.25) is 0 Å². The van der Waals surface area contributed by atoms with Gasteiger partial charge in [-0.15, -0.1) is 0 Å². The predicted octanol–water partition coefficient (Wildman–Crippen LogP) is 1.71. The van der Waals surface area contributed by atoms with Crippen molar-refractivity contribution in [3.8, 4) is 0 Å². The standard InChI is InChI=1S/C7H11ClO2/c8-7(9)4-3-6-2-1-5-10-6/h6H,1-5H2. The fourth-order valence-electron chi connectivity index (χ4n) is 1.15. The van der Waals surface area contributed by atoms with Gasteiger partial charge in [-0.1, -0.05) is 0 Å². The van der Waals surface area contributed by atoms with Crippen molar-refractivity contribution in [2.75, 3.05) is 6.61 Å². The van der Waals surface area contributed by atoms with E-state index in [2.05, 4.69) is 0 Å². The van der Waals surface area contributed by atoms with Crippen molar-refractivity contribution in [2.24, 2.45) is 0 Å². The normalized spacial score (nSPS) is 25.1. The van der Waals surface area contributed by atoms with Gasteiger partial charge in [0, 0.05) is 13.0 Å². The smallest absolute Gasteiger partial charge is 0.221 e. The van der Waals surface area contributed by atoms with Crippen LogP contribution in [0.15, 0.2) is 0 Å². The van der Waals surface area contributed by atoms with Crippen molar-refractivity contribution in [2.45, 2.75) is 31.8 Å². The third-order valence-electron chi connectivity index (χ3n) is 1.69. The molecule has 0 bridgehead atoms. The van der Waals surface area contributed by atoms with Crippen molar-refractivity contribution >= 4 is 16.8 Å². The van der Waals surface area contributed by atoms with E-state index in [1.54, 1.807) is 0 Å². The second-order valence-electron chi connectivity index (χ2n) is 2.53. The maximum atomic E-state index is 10.3. The monoisotopic (exact) mass is 162 g/mol. The molecule has 0 amide bonds. The summed E-state index contributed by atoms with van der Waals surface area (Å²) in [5.41, 5.74) is 0. The van der Waals surface area contributed by atoms with Crippen LogP contribution >= 0.6 is 11.6 Å². The Balaban J connectivity index is 2.07. The van der Waals surface area contributed by atoms with Gasteiger partial charge in [-0.05, 0) is 30.9 Å². The number of ether oxygens (including phenoxy) is 1. The predicted molar refractivity (Wildman–Crippen MR) is 39.1 cm³/mol. The molecule has 0 spiro atoms. The van der Waals surface area contributed by atoms with Crippen LogP contribution < -0.4 is 0 Å². The summed E-state index contributed by atoms with van der Waals surface area (Å²) in [6.07, 6.45) is 3.75. The highest BCUT2D eigenvalue weighted by atomic mass is 35.5. The van der Waals surface area contributed by atoms with Crippen molar-refractivity contribution in [3.63, 3.8) is 0 Å². The molecule has 1 rings (SSSR count). The number of halogens is 1. The number of carbonyl (C=O) groups is 1. The molecule has 1 aliphatic rings. The molecule has 0 N–H and O–H groups in total. The van der Waals surface area contributed by atoms with Crippen LogP contribution in [-0.4, -0.2) is 18.0 Å². The van der Waals surface area contributed by atoms with Gasteiger partial charge in [0.2, 0.25) is 5.24 Å². The third kappa shape index (κ3) is 2.67. The molecule has 0 aromatic rings. The van der Waals surface area contributed by atoms with E-state index in [1.165, 1.54) is 0 Å². The highest BCUT2D eigenvalue weighted by Crippen LogP contribution is 2.16. The summed E-state index contributed by atoms with van der Waals surface area (Å²) in [5, 5.41) is -0.254. The lowest BCUT2D eigenvalue weighted by atomic mass is 10.1. The van der Waals surface area contributed by atoms with Gasteiger partial charge in [0.1, 0.15) is 0 Å². The first-order chi connectivity index (χ1) is 4.79. The zero-order chi connectivity index (χ0) is 7.40. The molecular formula is C7H11ClO2. The zero-order valence-electron chi connectivity index (χ0n) is 5.81. The molecule has 1 heterocycles. The van der Waals surface area contributed by atoms with Gasteiger partial charge in [-0.3, -0.25) is 4.79 Å². The average Bonchev–Trinajstić information content (AvgIpc) is 2.34. The Morgan fingerprint density at radius 2 is 2.50 bits per heavy atom. The first-order valence-corrected chi connectivity index (χ1v) is 3.97. The lowest BCUT2D eigenvalue weighted by Crippen LogP contribution is -2.05. The topological polar surface area (TPSA) is 26.3 Å². The van der Waals surface area contributed by atoms with Gasteiger partial charge in [0.05, 0.1) is 6.10 Å².